The van der Waals surface area contributed by atoms with Gasteiger partial charge in [0.25, 0.3) is 0 Å². The van der Waals surface area contributed by atoms with Crippen molar-refractivity contribution in [2.75, 3.05) is 0 Å². The fraction of sp³-hybridized carbons (Fsp3) is 0.944. The van der Waals surface area contributed by atoms with Crippen LogP contribution in [-0.4, -0.2) is 18.1 Å². The maximum atomic E-state index is 12.3. The van der Waals surface area contributed by atoms with Crippen LogP contribution in [0.15, 0.2) is 0 Å². The first-order chi connectivity index (χ1) is 10.0. The van der Waals surface area contributed by atoms with Crippen LogP contribution in [0.4, 0.5) is 4.79 Å². The third-order valence-corrected chi connectivity index (χ3v) is 6.53. The Balaban J connectivity index is 1.67. The molecule has 4 rings (SSSR count). The second-order valence-electron chi connectivity index (χ2n) is 8.17. The van der Waals surface area contributed by atoms with Gasteiger partial charge >= 0.3 is 6.03 Å². The summed E-state index contributed by atoms with van der Waals surface area (Å²) in [4.78, 5) is 12.3. The number of urea groups is 1. The van der Waals surface area contributed by atoms with Crippen molar-refractivity contribution in [1.82, 2.24) is 10.6 Å². The van der Waals surface area contributed by atoms with Crippen molar-refractivity contribution >= 4 is 6.03 Å². The molecular formula is C18H32N2O. The minimum absolute atomic E-state index is 0.0481. The fourth-order valence-electron chi connectivity index (χ4n) is 5.82. The number of amides is 2. The molecule has 4 fully saturated rings. The van der Waals surface area contributed by atoms with Crippen LogP contribution in [0.25, 0.3) is 0 Å². The lowest BCUT2D eigenvalue weighted by Crippen LogP contribution is -2.58. The summed E-state index contributed by atoms with van der Waals surface area (Å²) < 4.78 is 0. The standard InChI is InChI=1S/C18H32N2O/c1-4-12(3)19-17(21)20-16(5-2)18-9-13-6-14(10-18)8-15(7-13)11-18/h12-16H,4-11H2,1-3H3,(H2,19,20,21)/t12-,13?,14?,15?,16-,18?/m0/s1. The predicted octanol–water partition coefficient (Wildman–Crippen LogP) is 4.08. The van der Waals surface area contributed by atoms with Crippen molar-refractivity contribution in [3.8, 4) is 0 Å². The van der Waals surface area contributed by atoms with Crippen LogP contribution >= 0.6 is 0 Å². The Morgan fingerprint density at radius 2 is 1.52 bits per heavy atom. The van der Waals surface area contributed by atoms with E-state index in [1.807, 2.05) is 0 Å². The second kappa shape index (κ2) is 5.81. The van der Waals surface area contributed by atoms with E-state index in [1.165, 1.54) is 38.5 Å². The van der Waals surface area contributed by atoms with Crippen molar-refractivity contribution in [3.05, 3.63) is 0 Å². The highest BCUT2D eigenvalue weighted by atomic mass is 16.2. The highest BCUT2D eigenvalue weighted by molar-refractivity contribution is 5.74. The molecule has 0 unspecified atom stereocenters. The number of carbonyl (C=O) groups is 1. The van der Waals surface area contributed by atoms with Crippen molar-refractivity contribution in [2.24, 2.45) is 23.2 Å². The molecule has 4 aliphatic rings. The highest BCUT2D eigenvalue weighted by Gasteiger charge is 2.54. The zero-order valence-corrected chi connectivity index (χ0v) is 14.0. The second-order valence-corrected chi connectivity index (χ2v) is 8.17. The molecule has 0 radical (unpaired) electrons. The van der Waals surface area contributed by atoms with Crippen LogP contribution in [0.3, 0.4) is 0 Å². The maximum Gasteiger partial charge on any atom is 0.315 e. The van der Waals surface area contributed by atoms with E-state index in [-0.39, 0.29) is 12.1 Å². The average molecular weight is 292 g/mol. The van der Waals surface area contributed by atoms with E-state index in [2.05, 4.69) is 31.4 Å². The first-order valence-corrected chi connectivity index (χ1v) is 9.11. The number of rotatable bonds is 5. The van der Waals surface area contributed by atoms with Gasteiger partial charge in [-0.25, -0.2) is 4.79 Å². The summed E-state index contributed by atoms with van der Waals surface area (Å²) in [6.07, 6.45) is 10.5. The summed E-state index contributed by atoms with van der Waals surface area (Å²) in [6.45, 7) is 6.43. The van der Waals surface area contributed by atoms with Crippen LogP contribution in [0.1, 0.15) is 72.1 Å². The van der Waals surface area contributed by atoms with Gasteiger partial charge in [-0.1, -0.05) is 13.8 Å². The lowest BCUT2D eigenvalue weighted by atomic mass is 9.47. The van der Waals surface area contributed by atoms with Gasteiger partial charge in [-0.15, -0.1) is 0 Å². The average Bonchev–Trinajstić information content (AvgIpc) is 2.42. The van der Waals surface area contributed by atoms with E-state index in [9.17, 15) is 4.79 Å². The van der Waals surface area contributed by atoms with Crippen molar-refractivity contribution in [1.29, 1.82) is 0 Å². The minimum Gasteiger partial charge on any atom is -0.336 e. The van der Waals surface area contributed by atoms with Gasteiger partial charge in [-0.05, 0) is 81.5 Å². The Hall–Kier alpha value is -0.730. The number of hydrogen-bond acceptors (Lipinski definition) is 1. The lowest BCUT2D eigenvalue weighted by molar-refractivity contribution is -0.0721. The van der Waals surface area contributed by atoms with Gasteiger partial charge in [0.05, 0.1) is 0 Å². The Morgan fingerprint density at radius 1 is 1.00 bits per heavy atom. The maximum absolute atomic E-state index is 12.3. The molecule has 4 bridgehead atoms. The molecule has 2 amide bonds. The molecule has 2 N–H and O–H groups in total. The van der Waals surface area contributed by atoms with Gasteiger partial charge in [0, 0.05) is 12.1 Å². The summed E-state index contributed by atoms with van der Waals surface area (Å²) in [5.41, 5.74) is 0.413. The Labute approximate surface area is 129 Å². The molecule has 21 heavy (non-hydrogen) atoms. The summed E-state index contributed by atoms with van der Waals surface area (Å²) in [5.74, 6) is 2.85. The normalized spacial score (nSPS) is 39.9. The molecule has 120 valence electrons. The monoisotopic (exact) mass is 292 g/mol. The van der Waals surface area contributed by atoms with Crippen LogP contribution in [0, 0.1) is 23.2 Å². The molecule has 0 spiro atoms. The van der Waals surface area contributed by atoms with Gasteiger partial charge < -0.3 is 10.6 Å². The third kappa shape index (κ3) is 2.93. The van der Waals surface area contributed by atoms with Crippen molar-refractivity contribution < 1.29 is 4.79 Å². The first kappa shape index (κ1) is 15.2. The SMILES string of the molecule is CC[C@H](NC(=O)N[C@@H](C)CC)C12CC3CC(CC(C3)C1)C2. The highest BCUT2D eigenvalue weighted by Crippen LogP contribution is 2.61. The smallest absolute Gasteiger partial charge is 0.315 e. The zero-order valence-electron chi connectivity index (χ0n) is 14.0. The van der Waals surface area contributed by atoms with E-state index in [0.717, 1.165) is 30.6 Å². The number of nitrogens with one attached hydrogen (secondary N) is 2. The predicted molar refractivity (Wildman–Crippen MR) is 86.1 cm³/mol. The Kier molecular flexibility index (Phi) is 4.20. The molecule has 0 heterocycles. The van der Waals surface area contributed by atoms with E-state index in [4.69, 9.17) is 0 Å². The summed E-state index contributed by atoms with van der Waals surface area (Å²) in [7, 11) is 0. The van der Waals surface area contributed by atoms with Crippen molar-refractivity contribution in [3.63, 3.8) is 0 Å². The number of hydrogen-bond donors (Lipinski definition) is 2. The van der Waals surface area contributed by atoms with E-state index in [1.54, 1.807) is 0 Å². The Morgan fingerprint density at radius 3 is 1.95 bits per heavy atom. The first-order valence-electron chi connectivity index (χ1n) is 9.11. The number of carbonyl (C=O) groups excluding carboxylic acids is 1. The molecular weight excluding hydrogens is 260 g/mol. The van der Waals surface area contributed by atoms with Gasteiger partial charge in [0.15, 0.2) is 0 Å². The molecule has 0 aliphatic heterocycles. The van der Waals surface area contributed by atoms with Crippen LogP contribution in [0.5, 0.6) is 0 Å². The molecule has 4 aliphatic carbocycles. The molecule has 2 atom stereocenters. The van der Waals surface area contributed by atoms with Crippen LogP contribution in [-0.2, 0) is 0 Å². The van der Waals surface area contributed by atoms with E-state index < -0.39 is 0 Å². The van der Waals surface area contributed by atoms with Crippen LogP contribution in [0.2, 0.25) is 0 Å². The Bertz CT molecular complexity index is 357. The van der Waals surface area contributed by atoms with E-state index in [0.29, 0.717) is 11.5 Å². The molecule has 3 nitrogen and oxygen atoms in total. The summed E-state index contributed by atoms with van der Waals surface area (Å²) in [6, 6.07) is 0.681. The molecule has 0 aromatic rings. The molecule has 0 aromatic carbocycles. The zero-order chi connectivity index (χ0) is 15.0. The third-order valence-electron chi connectivity index (χ3n) is 6.53. The van der Waals surface area contributed by atoms with Gasteiger partial charge in [0.1, 0.15) is 0 Å². The van der Waals surface area contributed by atoms with Crippen molar-refractivity contribution in [2.45, 2.75) is 84.2 Å². The summed E-state index contributed by atoms with van der Waals surface area (Å²) in [5, 5.41) is 6.42. The van der Waals surface area contributed by atoms with Gasteiger partial charge in [0.2, 0.25) is 0 Å². The lowest BCUT2D eigenvalue weighted by Gasteiger charge is -2.59. The molecule has 0 aromatic heterocycles. The van der Waals surface area contributed by atoms with Crippen LogP contribution < -0.4 is 10.6 Å². The quantitative estimate of drug-likeness (QED) is 0.787. The van der Waals surface area contributed by atoms with Gasteiger partial charge in [-0.2, -0.15) is 0 Å². The summed E-state index contributed by atoms with van der Waals surface area (Å²) >= 11 is 0. The largest absolute Gasteiger partial charge is 0.336 e. The topological polar surface area (TPSA) is 41.1 Å². The van der Waals surface area contributed by atoms with E-state index >= 15 is 0 Å². The van der Waals surface area contributed by atoms with Gasteiger partial charge in [-0.3, -0.25) is 0 Å². The minimum atomic E-state index is 0.0481. The molecule has 3 heteroatoms. The molecule has 4 saturated carbocycles. The molecule has 0 saturated heterocycles. The fourth-order valence-corrected chi connectivity index (χ4v) is 5.82.